The highest BCUT2D eigenvalue weighted by Gasteiger charge is 2.67. The van der Waals surface area contributed by atoms with E-state index < -0.39 is 18.2 Å². The lowest BCUT2D eigenvalue weighted by atomic mass is 9.77. The van der Waals surface area contributed by atoms with E-state index in [9.17, 15) is 18.8 Å². The molecule has 2 unspecified atom stereocenters. The van der Waals surface area contributed by atoms with E-state index in [1.165, 1.54) is 12.1 Å². The van der Waals surface area contributed by atoms with E-state index in [0.717, 1.165) is 11.3 Å². The maximum atomic E-state index is 13.5. The fraction of sp³-hybridized carbons (Fsp3) is 0.375. The molecule has 7 nitrogen and oxygen atoms in total. The highest BCUT2D eigenvalue weighted by atomic mass is 19.1. The fourth-order valence-corrected chi connectivity index (χ4v) is 4.77. The van der Waals surface area contributed by atoms with Crippen LogP contribution in [-0.4, -0.2) is 42.5 Å². The average Bonchev–Trinajstić information content (AvgIpc) is 2.78. The van der Waals surface area contributed by atoms with Crippen LogP contribution in [0, 0.1) is 11.7 Å². The number of carboxylic acid groups (broad SMARTS) is 1. The molecule has 0 saturated carbocycles. The molecule has 32 heavy (non-hydrogen) atoms. The van der Waals surface area contributed by atoms with Crippen molar-refractivity contribution in [3.8, 4) is 0 Å². The molecule has 2 saturated heterocycles. The topological polar surface area (TPSA) is 89.9 Å². The molecule has 0 bridgehead atoms. The molecule has 0 aliphatic carbocycles. The molecule has 2 aliphatic rings. The predicted octanol–water partition coefficient (Wildman–Crippen LogP) is 4.21. The third-order valence-corrected chi connectivity index (χ3v) is 6.38. The lowest BCUT2D eigenvalue weighted by Crippen LogP contribution is -2.77. The number of carbonyl (C=O) groups excluding carboxylic acids is 2. The molecule has 2 aromatic carbocycles. The van der Waals surface area contributed by atoms with Crippen molar-refractivity contribution in [3.63, 3.8) is 0 Å². The van der Waals surface area contributed by atoms with Crippen molar-refractivity contribution in [1.29, 1.82) is 0 Å². The van der Waals surface area contributed by atoms with Gasteiger partial charge in [0.15, 0.2) is 0 Å². The number of carbonyl (C=O) groups is 3. The van der Waals surface area contributed by atoms with E-state index in [-0.39, 0.29) is 54.1 Å². The van der Waals surface area contributed by atoms with Gasteiger partial charge in [-0.05, 0) is 36.2 Å². The Kier molecular flexibility index (Phi) is 6.23. The minimum absolute atomic E-state index is 0.00335. The summed E-state index contributed by atoms with van der Waals surface area (Å²) in [7, 11) is 0. The number of piperidine rings is 1. The van der Waals surface area contributed by atoms with Gasteiger partial charge in [-0.2, -0.15) is 9.28 Å². The number of hydrogen-bond acceptors (Lipinski definition) is 5. The number of amides is 1. The number of nitrogens with zero attached hydrogens (tertiary/aromatic N) is 1. The lowest BCUT2D eigenvalue weighted by molar-refractivity contribution is -0.167. The van der Waals surface area contributed by atoms with Crippen molar-refractivity contribution >= 4 is 23.7 Å². The molecule has 4 atom stereocenters. The van der Waals surface area contributed by atoms with Crippen LogP contribution >= 0.6 is 0 Å². The third-order valence-electron chi connectivity index (χ3n) is 6.38. The number of aliphatic carboxylic acids is 1. The van der Waals surface area contributed by atoms with Gasteiger partial charge < -0.3 is 14.6 Å². The summed E-state index contributed by atoms with van der Waals surface area (Å²) in [6, 6.07) is 15.6. The van der Waals surface area contributed by atoms with Gasteiger partial charge in [-0.1, -0.05) is 30.3 Å². The van der Waals surface area contributed by atoms with Crippen molar-refractivity contribution < 1.29 is 33.4 Å². The van der Waals surface area contributed by atoms with Gasteiger partial charge in [-0.3, -0.25) is 9.59 Å². The van der Waals surface area contributed by atoms with E-state index in [2.05, 4.69) is 0 Å². The minimum Gasteiger partial charge on any atom is -0.481 e. The van der Waals surface area contributed by atoms with E-state index in [4.69, 9.17) is 14.6 Å². The van der Waals surface area contributed by atoms with Crippen LogP contribution in [0.2, 0.25) is 0 Å². The number of rotatable bonds is 8. The summed E-state index contributed by atoms with van der Waals surface area (Å²) >= 11 is 0. The summed E-state index contributed by atoms with van der Waals surface area (Å²) in [6.45, 7) is 0.553. The second kappa shape index (κ2) is 9.08. The predicted molar refractivity (Wildman–Crippen MR) is 113 cm³/mol. The van der Waals surface area contributed by atoms with Gasteiger partial charge in [-0.15, -0.1) is 0 Å². The number of para-hydroxylation sites is 1. The molecule has 1 amide bonds. The number of hydrogen-bond donors (Lipinski definition) is 1. The quantitative estimate of drug-likeness (QED) is 0.487. The Balaban J connectivity index is 1.56. The maximum absolute atomic E-state index is 13.5. The molecule has 1 N–H and O–H groups in total. The Morgan fingerprint density at radius 3 is 2.47 bits per heavy atom. The number of ether oxygens (including phenoxy) is 2. The molecule has 2 heterocycles. The van der Waals surface area contributed by atoms with Crippen molar-refractivity contribution in [2.24, 2.45) is 5.92 Å². The first-order valence-electron chi connectivity index (χ1n) is 10.7. The van der Waals surface area contributed by atoms with Crippen LogP contribution in [0.5, 0.6) is 0 Å². The van der Waals surface area contributed by atoms with Crippen LogP contribution in [0.1, 0.15) is 37.2 Å². The Labute approximate surface area is 184 Å². The van der Waals surface area contributed by atoms with Crippen LogP contribution in [-0.2, 0) is 19.1 Å². The first-order chi connectivity index (χ1) is 15.4. The Bertz CT molecular complexity index is 995. The zero-order valence-electron chi connectivity index (χ0n) is 17.5. The second-order valence-electron chi connectivity index (χ2n) is 8.24. The van der Waals surface area contributed by atoms with E-state index in [1.807, 2.05) is 30.3 Å². The summed E-state index contributed by atoms with van der Waals surface area (Å²) in [5.74, 6) is -2.20. The first-order valence-corrected chi connectivity index (χ1v) is 10.7. The SMILES string of the molecule is O=C(O)CCCC(=O)OCC1C(c2ccc(F)cc2)CC[N@@+]2(c3ccccc3)C(=O)O[C@H]12. The molecular weight excluding hydrogens is 417 g/mol. The molecule has 2 fully saturated rings. The number of benzene rings is 2. The molecule has 2 aliphatic heterocycles. The Morgan fingerprint density at radius 2 is 1.81 bits per heavy atom. The number of halogens is 1. The molecule has 168 valence electrons. The minimum atomic E-state index is -0.965. The van der Waals surface area contributed by atoms with Gasteiger partial charge in [0.2, 0.25) is 0 Å². The molecule has 2 aromatic rings. The van der Waals surface area contributed by atoms with Gasteiger partial charge in [0.25, 0.3) is 6.23 Å². The largest absolute Gasteiger partial charge is 0.528 e. The van der Waals surface area contributed by atoms with Crippen molar-refractivity contribution in [3.05, 3.63) is 66.0 Å². The highest BCUT2D eigenvalue weighted by molar-refractivity contribution is 5.88. The molecule has 8 heteroatoms. The van der Waals surface area contributed by atoms with Crippen molar-refractivity contribution in [2.45, 2.75) is 37.8 Å². The summed E-state index contributed by atoms with van der Waals surface area (Å²) in [6.07, 6.45) is -0.137. The summed E-state index contributed by atoms with van der Waals surface area (Å²) in [5, 5.41) is 8.74. The summed E-state index contributed by atoms with van der Waals surface area (Å²) in [5.41, 5.74) is 1.72. The van der Waals surface area contributed by atoms with Crippen LogP contribution in [0.25, 0.3) is 0 Å². The molecule has 0 aromatic heterocycles. The number of carboxylic acids is 1. The zero-order valence-corrected chi connectivity index (χ0v) is 17.5. The van der Waals surface area contributed by atoms with Crippen molar-refractivity contribution in [1.82, 2.24) is 4.48 Å². The molecule has 4 rings (SSSR count). The van der Waals surface area contributed by atoms with Gasteiger partial charge >= 0.3 is 18.0 Å². The van der Waals surface area contributed by atoms with Crippen LogP contribution in [0.3, 0.4) is 0 Å². The van der Waals surface area contributed by atoms with Gasteiger partial charge in [0, 0.05) is 25.2 Å². The normalized spacial score (nSPS) is 26.4. The van der Waals surface area contributed by atoms with Gasteiger partial charge in [0.05, 0.1) is 12.5 Å². The second-order valence-corrected chi connectivity index (χ2v) is 8.24. The Hall–Kier alpha value is -3.26. The summed E-state index contributed by atoms with van der Waals surface area (Å²) in [4.78, 5) is 35.6. The van der Waals surface area contributed by atoms with E-state index >= 15 is 0 Å². The zero-order chi connectivity index (χ0) is 22.7. The average molecular weight is 442 g/mol. The maximum Gasteiger partial charge on any atom is 0.528 e. The van der Waals surface area contributed by atoms with Crippen molar-refractivity contribution in [2.75, 3.05) is 13.2 Å². The number of fused-ring (bicyclic) bond motifs is 1. The monoisotopic (exact) mass is 442 g/mol. The third kappa shape index (κ3) is 4.10. The number of quaternary nitrogens is 1. The molecular formula is C24H25FNO6+. The van der Waals surface area contributed by atoms with Crippen LogP contribution < -0.4 is 4.48 Å². The molecule has 0 radical (unpaired) electrons. The fourth-order valence-electron chi connectivity index (χ4n) is 4.77. The standard InChI is InChI=1S/C24H24FNO6/c25-17-11-9-16(10-12-17)19-13-14-26(18-5-2-1-3-6-18)23(32-24(26)30)20(19)15-31-22(29)8-4-7-21(27)28/h1-3,5-6,9-12,19-20,23H,4,7-8,13-15H2/p+1/t19?,20?,23-,26+/m1/s1. The van der Waals surface area contributed by atoms with Gasteiger partial charge in [0.1, 0.15) is 18.1 Å². The highest BCUT2D eigenvalue weighted by Crippen LogP contribution is 2.49. The van der Waals surface area contributed by atoms with E-state index in [1.54, 1.807) is 12.1 Å². The van der Waals surface area contributed by atoms with Gasteiger partial charge in [-0.25, -0.2) is 4.39 Å². The molecule has 0 spiro atoms. The smallest absolute Gasteiger partial charge is 0.481 e. The summed E-state index contributed by atoms with van der Waals surface area (Å²) < 4.78 is 24.6. The van der Waals surface area contributed by atoms with E-state index in [0.29, 0.717) is 13.0 Å². The lowest BCUT2D eigenvalue weighted by Gasteiger charge is -2.54. The Morgan fingerprint density at radius 1 is 1.09 bits per heavy atom. The van der Waals surface area contributed by atoms with Crippen LogP contribution in [0.15, 0.2) is 54.6 Å². The number of esters is 1. The first kappa shape index (κ1) is 22.0. The van der Waals surface area contributed by atoms with Crippen LogP contribution in [0.4, 0.5) is 14.9 Å².